The third-order valence-corrected chi connectivity index (χ3v) is 6.73. The number of nitrogens with two attached hydrogens (primary N) is 1. The second kappa shape index (κ2) is 9.33. The number of nitrogens with zero attached hydrogens (tertiary/aromatic N) is 2. The Balaban J connectivity index is 1.31. The number of nitrogens with one attached hydrogen (secondary N) is 2. The molecule has 0 saturated carbocycles. The summed E-state index contributed by atoms with van der Waals surface area (Å²) in [5.41, 5.74) is 2.54. The van der Waals surface area contributed by atoms with Crippen molar-refractivity contribution in [1.82, 2.24) is 15.0 Å². The van der Waals surface area contributed by atoms with E-state index in [1.165, 1.54) is 12.1 Å². The van der Waals surface area contributed by atoms with Crippen LogP contribution in [0.25, 0.3) is 21.8 Å². The van der Waals surface area contributed by atoms with Crippen LogP contribution in [0.1, 0.15) is 32.8 Å². The molecule has 0 aliphatic heterocycles. The molecule has 1 amide bonds. The molecular weight excluding hydrogens is 478 g/mol. The van der Waals surface area contributed by atoms with E-state index in [1.807, 2.05) is 24.3 Å². The number of sulfonamides is 1. The number of primary sulfonamides is 1. The molecule has 0 atom stereocenters. The molecule has 0 radical (unpaired) electrons. The van der Waals surface area contributed by atoms with E-state index in [-0.39, 0.29) is 28.7 Å². The highest BCUT2D eigenvalue weighted by molar-refractivity contribution is 7.89. The van der Waals surface area contributed by atoms with Crippen molar-refractivity contribution in [2.45, 2.75) is 17.7 Å². The Kier molecular flexibility index (Phi) is 6.05. The monoisotopic (exact) mass is 499 g/mol. The van der Waals surface area contributed by atoms with E-state index < -0.39 is 15.9 Å². The Morgan fingerprint density at radius 1 is 0.944 bits per heavy atom. The molecule has 0 aliphatic rings. The van der Waals surface area contributed by atoms with E-state index in [0.29, 0.717) is 23.0 Å². The molecule has 3 aromatic carbocycles. The SMILES string of the molecule is NS(=O)(=O)c1ccc(CCC(=O)c2cccc3[nH]c(NC(=O)c4cc5ccccc5cn4)nc23)cc1. The first kappa shape index (κ1) is 23.3. The molecule has 2 heterocycles. The number of aromatic amines is 1. The number of fused-ring (bicyclic) bond motifs is 2. The average Bonchev–Trinajstić information content (AvgIpc) is 3.29. The van der Waals surface area contributed by atoms with Crippen LogP contribution in [0, 0.1) is 0 Å². The van der Waals surface area contributed by atoms with Gasteiger partial charge in [-0.1, -0.05) is 42.5 Å². The van der Waals surface area contributed by atoms with Crippen molar-refractivity contribution >= 4 is 49.5 Å². The van der Waals surface area contributed by atoms with Crippen molar-refractivity contribution in [3.8, 4) is 0 Å². The van der Waals surface area contributed by atoms with E-state index in [9.17, 15) is 18.0 Å². The van der Waals surface area contributed by atoms with Crippen molar-refractivity contribution in [1.29, 1.82) is 0 Å². The zero-order valence-corrected chi connectivity index (χ0v) is 19.7. The van der Waals surface area contributed by atoms with Crippen LogP contribution in [-0.2, 0) is 16.4 Å². The van der Waals surface area contributed by atoms with Crippen LogP contribution < -0.4 is 10.5 Å². The maximum atomic E-state index is 13.0. The van der Waals surface area contributed by atoms with Gasteiger partial charge in [0.25, 0.3) is 5.91 Å². The molecule has 0 bridgehead atoms. The van der Waals surface area contributed by atoms with Crippen molar-refractivity contribution in [2.24, 2.45) is 5.14 Å². The zero-order valence-electron chi connectivity index (χ0n) is 18.9. The average molecular weight is 500 g/mol. The van der Waals surface area contributed by atoms with Gasteiger partial charge in [-0.25, -0.2) is 18.5 Å². The predicted molar refractivity (Wildman–Crippen MR) is 136 cm³/mol. The Morgan fingerprint density at radius 3 is 2.44 bits per heavy atom. The van der Waals surface area contributed by atoms with Gasteiger partial charge in [0.2, 0.25) is 16.0 Å². The number of para-hydroxylation sites is 1. The van der Waals surface area contributed by atoms with Crippen LogP contribution in [0.15, 0.2) is 83.9 Å². The molecule has 0 spiro atoms. The first-order valence-electron chi connectivity index (χ1n) is 11.1. The lowest BCUT2D eigenvalue weighted by Crippen LogP contribution is -2.14. The van der Waals surface area contributed by atoms with E-state index in [1.54, 1.807) is 42.6 Å². The number of amides is 1. The fourth-order valence-electron chi connectivity index (χ4n) is 3.93. The molecule has 5 rings (SSSR count). The molecule has 2 aromatic heterocycles. The fourth-order valence-corrected chi connectivity index (χ4v) is 4.45. The number of hydrogen-bond acceptors (Lipinski definition) is 6. The summed E-state index contributed by atoms with van der Waals surface area (Å²) in [6, 6.07) is 20.6. The summed E-state index contributed by atoms with van der Waals surface area (Å²) >= 11 is 0. The summed E-state index contributed by atoms with van der Waals surface area (Å²) in [5.74, 6) is -0.337. The Hall–Kier alpha value is -4.41. The second-order valence-electron chi connectivity index (χ2n) is 8.27. The molecule has 4 N–H and O–H groups in total. The van der Waals surface area contributed by atoms with Crippen LogP contribution in [0.4, 0.5) is 5.95 Å². The summed E-state index contributed by atoms with van der Waals surface area (Å²) in [5, 5.41) is 9.67. The number of H-pyrrole nitrogens is 1. The van der Waals surface area contributed by atoms with Gasteiger partial charge in [-0.05, 0) is 47.7 Å². The van der Waals surface area contributed by atoms with Crippen LogP contribution in [0.2, 0.25) is 0 Å². The standard InChI is InChI=1S/C26H21N5O4S/c27-36(34,35)19-11-8-16(9-12-19)10-13-23(32)20-6-3-7-21-24(20)30-26(29-21)31-25(33)22-14-17-4-1-2-5-18(17)15-28-22/h1-9,11-12,14-15H,10,13H2,(H2,27,34,35)(H2,29,30,31,33). The van der Waals surface area contributed by atoms with Crippen LogP contribution >= 0.6 is 0 Å². The van der Waals surface area contributed by atoms with Gasteiger partial charge in [-0.2, -0.15) is 0 Å². The highest BCUT2D eigenvalue weighted by atomic mass is 32.2. The third-order valence-electron chi connectivity index (χ3n) is 5.80. The molecule has 180 valence electrons. The van der Waals surface area contributed by atoms with Gasteiger partial charge >= 0.3 is 0 Å². The normalized spacial score (nSPS) is 11.6. The molecule has 9 nitrogen and oxygen atoms in total. The minimum atomic E-state index is -3.76. The first-order chi connectivity index (χ1) is 17.3. The van der Waals surface area contributed by atoms with Crippen LogP contribution in [-0.4, -0.2) is 35.1 Å². The number of Topliss-reactive ketones (excluding diaryl/α,β-unsaturated/α-hetero) is 1. The van der Waals surface area contributed by atoms with Gasteiger partial charge in [-0.3, -0.25) is 19.9 Å². The number of anilines is 1. The topological polar surface area (TPSA) is 148 Å². The van der Waals surface area contributed by atoms with Crippen molar-refractivity contribution in [3.63, 3.8) is 0 Å². The van der Waals surface area contributed by atoms with Gasteiger partial charge in [0.1, 0.15) is 11.2 Å². The molecule has 0 fully saturated rings. The van der Waals surface area contributed by atoms with Crippen LogP contribution in [0.3, 0.4) is 0 Å². The van der Waals surface area contributed by atoms with Gasteiger partial charge in [-0.15, -0.1) is 0 Å². The number of aromatic nitrogens is 3. The zero-order chi connectivity index (χ0) is 25.3. The smallest absolute Gasteiger partial charge is 0.276 e. The van der Waals surface area contributed by atoms with E-state index in [2.05, 4.69) is 20.3 Å². The summed E-state index contributed by atoms with van der Waals surface area (Å²) in [6.07, 6.45) is 2.26. The molecule has 0 aliphatic carbocycles. The predicted octanol–water partition coefficient (Wildman–Crippen LogP) is 3.83. The van der Waals surface area contributed by atoms with Gasteiger partial charge in [0.15, 0.2) is 5.78 Å². The van der Waals surface area contributed by atoms with E-state index >= 15 is 0 Å². The summed E-state index contributed by atoms with van der Waals surface area (Å²) in [6.45, 7) is 0. The number of hydrogen-bond donors (Lipinski definition) is 3. The molecule has 36 heavy (non-hydrogen) atoms. The number of ketones is 1. The summed E-state index contributed by atoms with van der Waals surface area (Å²) in [7, 11) is -3.76. The number of carbonyl (C=O) groups is 2. The fraction of sp³-hybridized carbons (Fsp3) is 0.0769. The van der Waals surface area contributed by atoms with Crippen molar-refractivity contribution in [2.75, 3.05) is 5.32 Å². The number of benzene rings is 3. The van der Waals surface area contributed by atoms with Gasteiger partial charge in [0.05, 0.1) is 10.4 Å². The largest absolute Gasteiger partial charge is 0.324 e. The van der Waals surface area contributed by atoms with Gasteiger partial charge in [0, 0.05) is 23.6 Å². The van der Waals surface area contributed by atoms with Crippen molar-refractivity contribution < 1.29 is 18.0 Å². The minimum absolute atomic E-state index is 0.0207. The second-order valence-corrected chi connectivity index (χ2v) is 9.83. The lowest BCUT2D eigenvalue weighted by molar-refractivity contribution is 0.0982. The Labute approximate surface area is 206 Å². The number of aryl methyl sites for hydroxylation is 1. The summed E-state index contributed by atoms with van der Waals surface area (Å²) < 4.78 is 22.8. The van der Waals surface area contributed by atoms with Gasteiger partial charge < -0.3 is 4.98 Å². The van der Waals surface area contributed by atoms with Crippen molar-refractivity contribution in [3.05, 3.63) is 95.8 Å². The highest BCUT2D eigenvalue weighted by Crippen LogP contribution is 2.22. The van der Waals surface area contributed by atoms with E-state index in [0.717, 1.165) is 16.3 Å². The maximum Gasteiger partial charge on any atom is 0.276 e. The number of pyridine rings is 1. The van der Waals surface area contributed by atoms with E-state index in [4.69, 9.17) is 5.14 Å². The highest BCUT2D eigenvalue weighted by Gasteiger charge is 2.16. The quantitative estimate of drug-likeness (QED) is 0.290. The third kappa shape index (κ3) is 4.85. The number of rotatable bonds is 7. The molecular formula is C26H21N5O4S. The lowest BCUT2D eigenvalue weighted by atomic mass is 10.0. The maximum absolute atomic E-state index is 13.0. The minimum Gasteiger partial charge on any atom is -0.324 e. The first-order valence-corrected chi connectivity index (χ1v) is 12.6. The number of imidazole rings is 1. The van der Waals surface area contributed by atoms with Crippen LogP contribution in [0.5, 0.6) is 0 Å². The summed E-state index contributed by atoms with van der Waals surface area (Å²) in [4.78, 5) is 37.4. The molecule has 5 aromatic rings. The molecule has 10 heteroatoms. The lowest BCUT2D eigenvalue weighted by Gasteiger charge is -2.04. The molecule has 0 saturated heterocycles. The Bertz CT molecular complexity index is 1730. The number of carbonyl (C=O) groups excluding carboxylic acids is 2. The Morgan fingerprint density at radius 2 is 1.69 bits per heavy atom. The molecule has 0 unspecified atom stereocenters.